The number of rotatable bonds is 12. The molecule has 3 aromatic rings. The molecule has 9 heteroatoms. The molecule has 0 aliphatic carbocycles. The summed E-state index contributed by atoms with van der Waals surface area (Å²) in [4.78, 5) is 28.5. The molecule has 0 spiro atoms. The first-order valence-electron chi connectivity index (χ1n) is 13.0. The number of hydrogen-bond donors (Lipinski definition) is 1. The topological polar surface area (TPSA) is 96.0 Å². The Balaban J connectivity index is 2.07. The van der Waals surface area contributed by atoms with Crippen molar-refractivity contribution in [3.63, 3.8) is 0 Å². The fourth-order valence-electron chi connectivity index (χ4n) is 4.17. The largest absolute Gasteiger partial charge is 0.492 e. The van der Waals surface area contributed by atoms with Crippen LogP contribution in [0.15, 0.2) is 83.8 Å². The van der Waals surface area contributed by atoms with Crippen LogP contribution in [0, 0.1) is 6.92 Å². The third-order valence-electron chi connectivity index (χ3n) is 6.08. The first-order valence-corrected chi connectivity index (χ1v) is 14.4. The molecule has 0 radical (unpaired) electrons. The van der Waals surface area contributed by atoms with E-state index in [1.54, 1.807) is 56.3 Å². The highest BCUT2D eigenvalue weighted by atomic mass is 32.2. The van der Waals surface area contributed by atoms with E-state index in [0.717, 1.165) is 15.4 Å². The summed E-state index contributed by atoms with van der Waals surface area (Å²) in [6, 6.07) is 21.4. The number of hydrogen-bond acceptors (Lipinski definition) is 5. The molecule has 0 aliphatic heterocycles. The molecule has 1 unspecified atom stereocenters. The quantitative estimate of drug-likeness (QED) is 0.357. The zero-order valence-electron chi connectivity index (χ0n) is 23.1. The molecular weight excluding hydrogens is 514 g/mol. The van der Waals surface area contributed by atoms with Crippen LogP contribution in [0.1, 0.15) is 38.8 Å². The normalized spacial score (nSPS) is 12.1. The number of sulfonamides is 1. The molecule has 3 aromatic carbocycles. The van der Waals surface area contributed by atoms with Crippen molar-refractivity contribution in [2.75, 3.05) is 17.5 Å². The van der Waals surface area contributed by atoms with Gasteiger partial charge in [-0.25, -0.2) is 8.42 Å². The Labute approximate surface area is 231 Å². The number of amides is 2. The van der Waals surface area contributed by atoms with E-state index in [1.165, 1.54) is 17.0 Å². The van der Waals surface area contributed by atoms with Gasteiger partial charge in [-0.3, -0.25) is 13.9 Å². The lowest BCUT2D eigenvalue weighted by Gasteiger charge is -2.32. The van der Waals surface area contributed by atoms with E-state index in [1.807, 2.05) is 45.0 Å². The van der Waals surface area contributed by atoms with Gasteiger partial charge >= 0.3 is 0 Å². The van der Waals surface area contributed by atoms with Gasteiger partial charge in [0.15, 0.2) is 0 Å². The van der Waals surface area contributed by atoms with Gasteiger partial charge in [0.25, 0.3) is 10.0 Å². The summed E-state index contributed by atoms with van der Waals surface area (Å²) in [5.41, 5.74) is 2.09. The third-order valence-corrected chi connectivity index (χ3v) is 7.85. The molecule has 0 heterocycles. The fourth-order valence-corrected chi connectivity index (χ4v) is 5.61. The lowest BCUT2D eigenvalue weighted by Crippen LogP contribution is -2.52. The van der Waals surface area contributed by atoms with E-state index in [4.69, 9.17) is 4.74 Å². The number of ether oxygens (including phenoxy) is 1. The van der Waals surface area contributed by atoms with Gasteiger partial charge in [0.05, 0.1) is 17.2 Å². The Morgan fingerprint density at radius 2 is 1.59 bits per heavy atom. The smallest absolute Gasteiger partial charge is 0.264 e. The van der Waals surface area contributed by atoms with Crippen molar-refractivity contribution in [2.45, 2.75) is 58.1 Å². The Morgan fingerprint density at radius 3 is 2.23 bits per heavy atom. The van der Waals surface area contributed by atoms with Gasteiger partial charge in [-0.05, 0) is 64.4 Å². The second-order valence-electron chi connectivity index (χ2n) is 9.58. The molecular formula is C30H37N3O5S. The molecule has 39 heavy (non-hydrogen) atoms. The predicted octanol–water partition coefficient (Wildman–Crippen LogP) is 4.53. The predicted molar refractivity (Wildman–Crippen MR) is 153 cm³/mol. The summed E-state index contributed by atoms with van der Waals surface area (Å²) in [5.74, 6) is -0.505. The Kier molecular flexibility index (Phi) is 10.1. The molecule has 0 aliphatic rings. The van der Waals surface area contributed by atoms with Crippen LogP contribution in [0.4, 0.5) is 5.69 Å². The second kappa shape index (κ2) is 13.3. The van der Waals surface area contributed by atoms with Crippen LogP contribution in [0.5, 0.6) is 5.75 Å². The van der Waals surface area contributed by atoms with Gasteiger partial charge < -0.3 is 15.0 Å². The van der Waals surface area contributed by atoms with E-state index < -0.39 is 28.5 Å². The van der Waals surface area contributed by atoms with Crippen molar-refractivity contribution in [3.8, 4) is 5.75 Å². The number of carbonyl (C=O) groups excluding carboxylic acids is 2. The van der Waals surface area contributed by atoms with Crippen molar-refractivity contribution in [1.82, 2.24) is 10.2 Å². The maximum Gasteiger partial charge on any atom is 0.264 e. The molecule has 1 atom stereocenters. The molecule has 0 saturated carbocycles. The summed E-state index contributed by atoms with van der Waals surface area (Å²) in [5, 5.41) is 2.86. The van der Waals surface area contributed by atoms with Crippen molar-refractivity contribution in [3.05, 3.63) is 90.0 Å². The Morgan fingerprint density at radius 1 is 0.923 bits per heavy atom. The number of nitrogens with zero attached hydrogens (tertiary/aromatic N) is 2. The van der Waals surface area contributed by atoms with Crippen LogP contribution in [-0.4, -0.2) is 50.4 Å². The lowest BCUT2D eigenvalue weighted by molar-refractivity contribution is -0.139. The number of anilines is 1. The fraction of sp³-hybridized carbons (Fsp3) is 0.333. The number of aryl methyl sites for hydroxylation is 1. The molecule has 3 rings (SSSR count). The van der Waals surface area contributed by atoms with Gasteiger partial charge in [-0.15, -0.1) is 0 Å². The minimum absolute atomic E-state index is 0.0416. The minimum Gasteiger partial charge on any atom is -0.492 e. The Hall–Kier alpha value is -3.85. The van der Waals surface area contributed by atoms with E-state index in [9.17, 15) is 18.0 Å². The summed E-state index contributed by atoms with van der Waals surface area (Å²) in [7, 11) is -4.16. The number of benzene rings is 3. The minimum atomic E-state index is -4.16. The van der Waals surface area contributed by atoms with Gasteiger partial charge in [-0.2, -0.15) is 0 Å². The highest BCUT2D eigenvalue weighted by Crippen LogP contribution is 2.32. The van der Waals surface area contributed by atoms with Crippen LogP contribution in [0.3, 0.4) is 0 Å². The van der Waals surface area contributed by atoms with Crippen LogP contribution < -0.4 is 14.4 Å². The molecule has 0 aromatic heterocycles. The van der Waals surface area contributed by atoms with Crippen LogP contribution in [-0.2, 0) is 26.2 Å². The molecule has 0 saturated heterocycles. The van der Waals surface area contributed by atoms with E-state index in [2.05, 4.69) is 5.32 Å². The number of para-hydroxylation sites is 2. The van der Waals surface area contributed by atoms with Crippen LogP contribution >= 0.6 is 0 Å². The molecule has 8 nitrogen and oxygen atoms in total. The van der Waals surface area contributed by atoms with Gasteiger partial charge in [0, 0.05) is 12.6 Å². The molecule has 2 amide bonds. The summed E-state index contributed by atoms with van der Waals surface area (Å²) >= 11 is 0. The van der Waals surface area contributed by atoms with Gasteiger partial charge in [-0.1, -0.05) is 60.2 Å². The van der Waals surface area contributed by atoms with Crippen molar-refractivity contribution in [1.29, 1.82) is 0 Å². The summed E-state index contributed by atoms with van der Waals surface area (Å²) in [6.07, 6.45) is 0. The first kappa shape index (κ1) is 29.7. The third kappa shape index (κ3) is 7.60. The zero-order chi connectivity index (χ0) is 28.6. The summed E-state index contributed by atoms with van der Waals surface area (Å²) < 4.78 is 34.6. The zero-order valence-corrected chi connectivity index (χ0v) is 23.9. The van der Waals surface area contributed by atoms with Gasteiger partial charge in [0.1, 0.15) is 18.3 Å². The van der Waals surface area contributed by atoms with Crippen molar-refractivity contribution in [2.24, 2.45) is 0 Å². The van der Waals surface area contributed by atoms with Crippen LogP contribution in [0.2, 0.25) is 0 Å². The van der Waals surface area contributed by atoms with Crippen LogP contribution in [0.25, 0.3) is 0 Å². The standard InChI is InChI=1S/C30H37N3O5S/c1-6-38-28-18-11-10-17-27(28)33(39(36,37)26-15-8-7-9-16-26)21-29(34)32(24(5)30(35)31-22(2)3)20-25-14-12-13-23(4)19-25/h7-19,22,24H,6,20-21H2,1-5H3,(H,31,35). The van der Waals surface area contributed by atoms with Crippen molar-refractivity contribution >= 4 is 27.5 Å². The van der Waals surface area contributed by atoms with E-state index in [0.29, 0.717) is 12.4 Å². The number of carbonyl (C=O) groups is 2. The molecule has 208 valence electrons. The maximum atomic E-state index is 14.0. The SMILES string of the molecule is CCOc1ccccc1N(CC(=O)N(Cc1cccc(C)c1)C(C)C(=O)NC(C)C)S(=O)(=O)c1ccccc1. The van der Waals surface area contributed by atoms with Crippen molar-refractivity contribution < 1.29 is 22.7 Å². The molecule has 0 fully saturated rings. The maximum absolute atomic E-state index is 14.0. The average Bonchev–Trinajstić information content (AvgIpc) is 2.90. The monoisotopic (exact) mass is 551 g/mol. The van der Waals surface area contributed by atoms with E-state index in [-0.39, 0.29) is 29.1 Å². The highest BCUT2D eigenvalue weighted by Gasteiger charge is 2.33. The average molecular weight is 552 g/mol. The highest BCUT2D eigenvalue weighted by molar-refractivity contribution is 7.92. The second-order valence-corrected chi connectivity index (χ2v) is 11.4. The molecule has 1 N–H and O–H groups in total. The Bertz CT molecular complexity index is 1380. The first-order chi connectivity index (χ1) is 18.5. The number of nitrogens with one attached hydrogen (secondary N) is 1. The summed E-state index contributed by atoms with van der Waals surface area (Å²) in [6.45, 7) is 9.02. The molecule has 0 bridgehead atoms. The van der Waals surface area contributed by atoms with E-state index >= 15 is 0 Å². The lowest BCUT2D eigenvalue weighted by atomic mass is 10.1. The van der Waals surface area contributed by atoms with Gasteiger partial charge in [0.2, 0.25) is 11.8 Å².